The zero-order valence-corrected chi connectivity index (χ0v) is 12.5. The minimum absolute atomic E-state index is 0.595. The van der Waals surface area contributed by atoms with Gasteiger partial charge in [0.1, 0.15) is 0 Å². The Morgan fingerprint density at radius 1 is 1.22 bits per heavy atom. The molecule has 1 N–H and O–H groups in total. The number of likely N-dealkylation sites (N-methyl/N-ethyl adjacent to an activating group) is 1. The molecule has 0 aliphatic carbocycles. The van der Waals surface area contributed by atoms with Gasteiger partial charge in [0.05, 0.1) is 0 Å². The lowest BCUT2D eigenvalue weighted by atomic mass is 10.1. The normalized spacial score (nSPS) is 13.3. The Kier molecular flexibility index (Phi) is 6.37. The number of benzene rings is 1. The van der Waals surface area contributed by atoms with Crippen molar-refractivity contribution in [2.45, 2.75) is 40.3 Å². The number of hydrogen-bond donors (Lipinski definition) is 1. The molecule has 0 saturated heterocycles. The first-order chi connectivity index (χ1) is 8.49. The predicted molar refractivity (Wildman–Crippen MR) is 79.8 cm³/mol. The fourth-order valence-electron chi connectivity index (χ4n) is 1.92. The number of aryl methyl sites for hydroxylation is 1. The summed E-state index contributed by atoms with van der Waals surface area (Å²) in [4.78, 5) is 2.37. The first-order valence-corrected chi connectivity index (χ1v) is 6.96. The van der Waals surface area contributed by atoms with E-state index in [1.807, 2.05) is 0 Å². The first kappa shape index (κ1) is 15.2. The molecule has 102 valence electrons. The molecule has 1 unspecified atom stereocenters. The summed E-state index contributed by atoms with van der Waals surface area (Å²) >= 11 is 0. The van der Waals surface area contributed by atoms with Gasteiger partial charge in [-0.3, -0.25) is 0 Å². The van der Waals surface area contributed by atoms with Crippen LogP contribution in [-0.2, 0) is 6.54 Å². The van der Waals surface area contributed by atoms with Crippen LogP contribution < -0.4 is 5.32 Å². The Morgan fingerprint density at radius 3 is 2.56 bits per heavy atom. The molecule has 0 saturated carbocycles. The second-order valence-electron chi connectivity index (χ2n) is 5.71. The zero-order valence-electron chi connectivity index (χ0n) is 12.5. The van der Waals surface area contributed by atoms with Crippen molar-refractivity contribution in [2.75, 3.05) is 20.1 Å². The summed E-state index contributed by atoms with van der Waals surface area (Å²) in [6.45, 7) is 12.1. The van der Waals surface area contributed by atoms with Crippen LogP contribution in [0, 0.1) is 12.8 Å². The monoisotopic (exact) mass is 248 g/mol. The van der Waals surface area contributed by atoms with Gasteiger partial charge in [-0.05, 0) is 32.4 Å². The molecular weight excluding hydrogens is 220 g/mol. The highest BCUT2D eigenvalue weighted by Crippen LogP contribution is 2.06. The lowest BCUT2D eigenvalue weighted by molar-refractivity contribution is 0.308. The maximum Gasteiger partial charge on any atom is 0.0231 e. The molecule has 1 rings (SSSR count). The smallest absolute Gasteiger partial charge is 0.0231 e. The van der Waals surface area contributed by atoms with Crippen molar-refractivity contribution >= 4 is 0 Å². The van der Waals surface area contributed by atoms with Crippen LogP contribution in [0.3, 0.4) is 0 Å². The lowest BCUT2D eigenvalue weighted by Crippen LogP contribution is -2.36. The molecule has 0 aromatic heterocycles. The number of nitrogens with one attached hydrogen (secondary N) is 1. The third kappa shape index (κ3) is 5.65. The third-order valence-electron chi connectivity index (χ3n) is 3.49. The molecular formula is C16H28N2. The van der Waals surface area contributed by atoms with Gasteiger partial charge in [0.15, 0.2) is 0 Å². The highest BCUT2D eigenvalue weighted by atomic mass is 15.1. The molecule has 0 bridgehead atoms. The SMILES string of the molecule is Cc1cccc(CN(C)CCNC(C)C(C)C)c1. The van der Waals surface area contributed by atoms with Crippen molar-refractivity contribution in [1.82, 2.24) is 10.2 Å². The Bertz CT molecular complexity index is 347. The molecule has 0 amide bonds. The molecule has 0 spiro atoms. The lowest BCUT2D eigenvalue weighted by Gasteiger charge is -2.21. The van der Waals surface area contributed by atoms with Gasteiger partial charge in [0.25, 0.3) is 0 Å². The molecule has 0 radical (unpaired) electrons. The Balaban J connectivity index is 2.27. The van der Waals surface area contributed by atoms with E-state index in [0.717, 1.165) is 19.6 Å². The molecule has 1 aromatic carbocycles. The van der Waals surface area contributed by atoms with Crippen molar-refractivity contribution < 1.29 is 0 Å². The summed E-state index contributed by atoms with van der Waals surface area (Å²) in [5.41, 5.74) is 2.74. The average Bonchev–Trinajstić information content (AvgIpc) is 2.28. The van der Waals surface area contributed by atoms with Crippen molar-refractivity contribution in [3.8, 4) is 0 Å². The third-order valence-corrected chi connectivity index (χ3v) is 3.49. The Hall–Kier alpha value is -0.860. The van der Waals surface area contributed by atoms with Crippen LogP contribution in [0.1, 0.15) is 31.9 Å². The van der Waals surface area contributed by atoms with Gasteiger partial charge < -0.3 is 10.2 Å². The van der Waals surface area contributed by atoms with E-state index in [-0.39, 0.29) is 0 Å². The van der Waals surface area contributed by atoms with Gasteiger partial charge in [-0.2, -0.15) is 0 Å². The fraction of sp³-hybridized carbons (Fsp3) is 0.625. The second kappa shape index (κ2) is 7.55. The molecule has 0 fully saturated rings. The van der Waals surface area contributed by atoms with E-state index in [9.17, 15) is 0 Å². The van der Waals surface area contributed by atoms with Crippen LogP contribution in [0.15, 0.2) is 24.3 Å². The standard InChI is InChI=1S/C16H28N2/c1-13(2)15(4)17-9-10-18(5)12-16-8-6-7-14(3)11-16/h6-8,11,13,15,17H,9-10,12H2,1-5H3. The Labute approximate surface area is 112 Å². The van der Waals surface area contributed by atoms with Gasteiger partial charge in [-0.15, -0.1) is 0 Å². The maximum absolute atomic E-state index is 3.57. The van der Waals surface area contributed by atoms with E-state index in [2.05, 4.69) is 69.2 Å². The molecule has 2 nitrogen and oxygen atoms in total. The van der Waals surface area contributed by atoms with Crippen LogP contribution in [0.25, 0.3) is 0 Å². The molecule has 0 aliphatic heterocycles. The minimum atomic E-state index is 0.595. The van der Waals surface area contributed by atoms with E-state index in [1.165, 1.54) is 11.1 Å². The number of hydrogen-bond acceptors (Lipinski definition) is 2. The van der Waals surface area contributed by atoms with Gasteiger partial charge in [0.2, 0.25) is 0 Å². The molecule has 0 heterocycles. The molecule has 1 atom stereocenters. The predicted octanol–water partition coefficient (Wildman–Crippen LogP) is 3.06. The summed E-state index contributed by atoms with van der Waals surface area (Å²) in [6.07, 6.45) is 0. The molecule has 2 heteroatoms. The van der Waals surface area contributed by atoms with Crippen LogP contribution in [0.4, 0.5) is 0 Å². The topological polar surface area (TPSA) is 15.3 Å². The van der Waals surface area contributed by atoms with Gasteiger partial charge in [-0.1, -0.05) is 43.7 Å². The number of nitrogens with zero attached hydrogens (tertiary/aromatic N) is 1. The van der Waals surface area contributed by atoms with Gasteiger partial charge in [-0.25, -0.2) is 0 Å². The van der Waals surface area contributed by atoms with Crippen LogP contribution >= 0.6 is 0 Å². The van der Waals surface area contributed by atoms with Gasteiger partial charge >= 0.3 is 0 Å². The summed E-state index contributed by atoms with van der Waals surface area (Å²) in [7, 11) is 2.18. The van der Waals surface area contributed by atoms with Crippen LogP contribution in [0.5, 0.6) is 0 Å². The van der Waals surface area contributed by atoms with Crippen LogP contribution in [-0.4, -0.2) is 31.1 Å². The second-order valence-corrected chi connectivity index (χ2v) is 5.71. The van der Waals surface area contributed by atoms with E-state index in [4.69, 9.17) is 0 Å². The highest BCUT2D eigenvalue weighted by Gasteiger charge is 2.06. The summed E-state index contributed by atoms with van der Waals surface area (Å²) in [5.74, 6) is 0.701. The van der Waals surface area contributed by atoms with E-state index < -0.39 is 0 Å². The summed E-state index contributed by atoms with van der Waals surface area (Å²) in [5, 5.41) is 3.57. The summed E-state index contributed by atoms with van der Waals surface area (Å²) < 4.78 is 0. The fourth-order valence-corrected chi connectivity index (χ4v) is 1.92. The van der Waals surface area contributed by atoms with Crippen molar-refractivity contribution in [3.05, 3.63) is 35.4 Å². The zero-order chi connectivity index (χ0) is 13.5. The minimum Gasteiger partial charge on any atom is -0.313 e. The van der Waals surface area contributed by atoms with E-state index in [1.54, 1.807) is 0 Å². The maximum atomic E-state index is 3.57. The van der Waals surface area contributed by atoms with Crippen LogP contribution in [0.2, 0.25) is 0 Å². The molecule has 0 aliphatic rings. The first-order valence-electron chi connectivity index (χ1n) is 6.96. The largest absolute Gasteiger partial charge is 0.313 e. The van der Waals surface area contributed by atoms with E-state index in [0.29, 0.717) is 12.0 Å². The highest BCUT2D eigenvalue weighted by molar-refractivity contribution is 5.21. The van der Waals surface area contributed by atoms with Crippen molar-refractivity contribution in [3.63, 3.8) is 0 Å². The molecule has 18 heavy (non-hydrogen) atoms. The van der Waals surface area contributed by atoms with Crippen molar-refractivity contribution in [2.24, 2.45) is 5.92 Å². The van der Waals surface area contributed by atoms with E-state index >= 15 is 0 Å². The quantitative estimate of drug-likeness (QED) is 0.798. The molecule has 1 aromatic rings. The van der Waals surface area contributed by atoms with Gasteiger partial charge in [0, 0.05) is 25.7 Å². The van der Waals surface area contributed by atoms with Crippen molar-refractivity contribution in [1.29, 1.82) is 0 Å². The average molecular weight is 248 g/mol. The Morgan fingerprint density at radius 2 is 1.94 bits per heavy atom. The summed E-state index contributed by atoms with van der Waals surface area (Å²) in [6, 6.07) is 9.35. The number of rotatable bonds is 7.